The number of carboxylic acid groups (broad SMARTS) is 1. The molecular formula is C19H15N2O4-. The molecule has 0 radical (unpaired) electrons. The quantitative estimate of drug-likeness (QED) is 0.773. The summed E-state index contributed by atoms with van der Waals surface area (Å²) in [6, 6.07) is 14.2. The van der Waals surface area contributed by atoms with E-state index in [1.807, 2.05) is 12.1 Å². The van der Waals surface area contributed by atoms with Crippen LogP contribution in [-0.2, 0) is 9.59 Å². The predicted octanol–water partition coefficient (Wildman–Crippen LogP) is 2.47. The number of rotatable bonds is 5. The number of carboxylic acids is 1. The summed E-state index contributed by atoms with van der Waals surface area (Å²) in [7, 11) is 0. The molecular weight excluding hydrogens is 320 g/mol. The number of amides is 1. The molecule has 0 aliphatic heterocycles. The normalized spacial score (nSPS) is 11.5. The molecule has 1 heterocycles. The van der Waals surface area contributed by atoms with Crippen LogP contribution in [0.1, 0.15) is 24.8 Å². The van der Waals surface area contributed by atoms with Gasteiger partial charge in [-0.2, -0.15) is 0 Å². The molecule has 0 bridgehead atoms. The van der Waals surface area contributed by atoms with Crippen LogP contribution in [-0.4, -0.2) is 16.9 Å². The van der Waals surface area contributed by atoms with E-state index in [0.29, 0.717) is 22.4 Å². The number of aromatic nitrogens is 1. The molecule has 0 fully saturated rings. The number of anilines is 1. The van der Waals surface area contributed by atoms with Gasteiger partial charge in [-0.3, -0.25) is 4.79 Å². The van der Waals surface area contributed by atoms with Crippen molar-refractivity contribution < 1.29 is 19.1 Å². The Morgan fingerprint density at radius 2 is 1.88 bits per heavy atom. The zero-order valence-electron chi connectivity index (χ0n) is 13.5. The standard InChI is InChI=1S/C19H16N2O4/c1-12(22)20-15-8-6-13(7-9-15)10-14(11-18(23)24)19-21-16-4-2-3-5-17(16)25-19/h2-10H,11H2,1H3,(H,20,22)(H,23,24)/p-1/b14-10+. The minimum Gasteiger partial charge on any atom is -0.550 e. The van der Waals surface area contributed by atoms with Gasteiger partial charge in [-0.1, -0.05) is 24.3 Å². The average Bonchev–Trinajstić information content (AvgIpc) is 2.99. The van der Waals surface area contributed by atoms with Gasteiger partial charge in [-0.05, 0) is 35.9 Å². The fourth-order valence-electron chi connectivity index (χ4n) is 2.42. The van der Waals surface area contributed by atoms with E-state index in [9.17, 15) is 14.7 Å². The lowest BCUT2D eigenvalue weighted by molar-refractivity contribution is -0.304. The summed E-state index contributed by atoms with van der Waals surface area (Å²) in [5.74, 6) is -1.13. The lowest BCUT2D eigenvalue weighted by Crippen LogP contribution is -2.22. The van der Waals surface area contributed by atoms with Crippen LogP contribution in [0.4, 0.5) is 5.69 Å². The van der Waals surface area contributed by atoms with Crippen LogP contribution in [0.3, 0.4) is 0 Å². The van der Waals surface area contributed by atoms with Crippen molar-refractivity contribution in [3.05, 3.63) is 60.0 Å². The second kappa shape index (κ2) is 7.00. The third-order valence-electron chi connectivity index (χ3n) is 3.48. The topological polar surface area (TPSA) is 95.3 Å². The van der Waals surface area contributed by atoms with Crippen molar-refractivity contribution in [3.63, 3.8) is 0 Å². The van der Waals surface area contributed by atoms with Crippen molar-refractivity contribution in [2.24, 2.45) is 0 Å². The van der Waals surface area contributed by atoms with Crippen LogP contribution in [0, 0.1) is 0 Å². The molecule has 0 spiro atoms. The van der Waals surface area contributed by atoms with E-state index in [2.05, 4.69) is 10.3 Å². The van der Waals surface area contributed by atoms with E-state index >= 15 is 0 Å². The second-order valence-corrected chi connectivity index (χ2v) is 5.51. The number of benzene rings is 2. The van der Waals surface area contributed by atoms with Crippen LogP contribution in [0.25, 0.3) is 22.7 Å². The number of oxazole rings is 1. The monoisotopic (exact) mass is 335 g/mol. The van der Waals surface area contributed by atoms with E-state index in [4.69, 9.17) is 4.42 Å². The second-order valence-electron chi connectivity index (χ2n) is 5.51. The number of carbonyl (C=O) groups is 2. The van der Waals surface area contributed by atoms with Gasteiger partial charge in [0.1, 0.15) is 5.52 Å². The lowest BCUT2D eigenvalue weighted by atomic mass is 10.1. The van der Waals surface area contributed by atoms with Crippen molar-refractivity contribution in [2.45, 2.75) is 13.3 Å². The maximum absolute atomic E-state index is 11.1. The van der Waals surface area contributed by atoms with Crippen molar-refractivity contribution >= 4 is 40.3 Å². The zero-order valence-corrected chi connectivity index (χ0v) is 13.5. The molecule has 1 aromatic heterocycles. The molecule has 0 atom stereocenters. The number of hydrogen-bond acceptors (Lipinski definition) is 5. The summed E-state index contributed by atoms with van der Waals surface area (Å²) >= 11 is 0. The fourth-order valence-corrected chi connectivity index (χ4v) is 2.42. The molecule has 2 aromatic carbocycles. The highest BCUT2D eigenvalue weighted by atomic mass is 16.4. The van der Waals surface area contributed by atoms with E-state index in [-0.39, 0.29) is 18.2 Å². The molecule has 6 nitrogen and oxygen atoms in total. The van der Waals surface area contributed by atoms with E-state index < -0.39 is 5.97 Å². The van der Waals surface area contributed by atoms with Gasteiger partial charge in [0.15, 0.2) is 5.58 Å². The predicted molar refractivity (Wildman–Crippen MR) is 92.2 cm³/mol. The summed E-state index contributed by atoms with van der Waals surface area (Å²) in [6.45, 7) is 1.43. The number of nitrogens with zero attached hydrogens (tertiary/aromatic N) is 1. The zero-order chi connectivity index (χ0) is 17.8. The number of hydrogen-bond donors (Lipinski definition) is 1. The first kappa shape index (κ1) is 16.4. The summed E-state index contributed by atoms with van der Waals surface area (Å²) < 4.78 is 5.65. The summed E-state index contributed by atoms with van der Waals surface area (Å²) in [6.07, 6.45) is 1.36. The number of aliphatic carboxylic acids is 1. The van der Waals surface area contributed by atoms with E-state index in [1.54, 1.807) is 42.5 Å². The first-order chi connectivity index (χ1) is 12.0. The molecule has 0 saturated heterocycles. The Kier molecular flexibility index (Phi) is 4.61. The van der Waals surface area contributed by atoms with Gasteiger partial charge in [0.05, 0.1) is 0 Å². The molecule has 1 N–H and O–H groups in total. The fraction of sp³-hybridized carbons (Fsp3) is 0.105. The number of para-hydroxylation sites is 2. The van der Waals surface area contributed by atoms with Gasteiger partial charge < -0.3 is 19.6 Å². The van der Waals surface area contributed by atoms with Crippen LogP contribution in [0.5, 0.6) is 0 Å². The highest BCUT2D eigenvalue weighted by Gasteiger charge is 2.11. The van der Waals surface area contributed by atoms with E-state index in [0.717, 1.165) is 5.56 Å². The maximum Gasteiger partial charge on any atom is 0.223 e. The smallest absolute Gasteiger partial charge is 0.223 e. The largest absolute Gasteiger partial charge is 0.550 e. The molecule has 1 amide bonds. The van der Waals surface area contributed by atoms with Crippen LogP contribution in [0.15, 0.2) is 52.9 Å². The molecule has 0 saturated carbocycles. The summed E-state index contributed by atoms with van der Waals surface area (Å²) in [4.78, 5) is 26.5. The van der Waals surface area contributed by atoms with Crippen molar-refractivity contribution in [2.75, 3.05) is 5.32 Å². The Hall–Kier alpha value is -3.41. The van der Waals surface area contributed by atoms with Crippen LogP contribution in [0.2, 0.25) is 0 Å². The Morgan fingerprint density at radius 3 is 2.52 bits per heavy atom. The SMILES string of the molecule is CC(=O)Nc1ccc(/C=C(\CC(=O)[O-])c2nc3ccccc3o2)cc1. The Labute approximate surface area is 143 Å². The lowest BCUT2D eigenvalue weighted by Gasteiger charge is -2.06. The van der Waals surface area contributed by atoms with Crippen molar-refractivity contribution in [1.82, 2.24) is 4.98 Å². The summed E-state index contributed by atoms with van der Waals surface area (Å²) in [5.41, 5.74) is 3.06. The van der Waals surface area contributed by atoms with Gasteiger partial charge >= 0.3 is 0 Å². The minimum atomic E-state index is -1.22. The molecule has 3 rings (SSSR count). The molecule has 6 heteroatoms. The van der Waals surface area contributed by atoms with Gasteiger partial charge in [0.25, 0.3) is 0 Å². The highest BCUT2D eigenvalue weighted by Crippen LogP contribution is 2.25. The number of carbonyl (C=O) groups excluding carboxylic acids is 2. The minimum absolute atomic E-state index is 0.160. The molecule has 25 heavy (non-hydrogen) atoms. The third-order valence-corrected chi connectivity index (χ3v) is 3.48. The molecule has 3 aromatic rings. The van der Waals surface area contributed by atoms with Crippen LogP contribution >= 0.6 is 0 Å². The molecule has 0 unspecified atom stereocenters. The molecule has 126 valence electrons. The van der Waals surface area contributed by atoms with Crippen molar-refractivity contribution in [1.29, 1.82) is 0 Å². The highest BCUT2D eigenvalue weighted by molar-refractivity contribution is 5.91. The first-order valence-electron chi connectivity index (χ1n) is 7.65. The number of nitrogens with one attached hydrogen (secondary N) is 1. The van der Waals surface area contributed by atoms with E-state index in [1.165, 1.54) is 6.92 Å². The van der Waals surface area contributed by atoms with Gasteiger partial charge in [-0.15, -0.1) is 0 Å². The Morgan fingerprint density at radius 1 is 1.16 bits per heavy atom. The number of fused-ring (bicyclic) bond motifs is 1. The summed E-state index contributed by atoms with van der Waals surface area (Å²) in [5, 5.41) is 13.8. The Bertz CT molecular complexity index is 922. The third kappa shape index (κ3) is 4.11. The first-order valence-corrected chi connectivity index (χ1v) is 7.65. The average molecular weight is 335 g/mol. The van der Waals surface area contributed by atoms with Gasteiger partial charge in [0.2, 0.25) is 11.8 Å². The van der Waals surface area contributed by atoms with Gasteiger partial charge in [0, 0.05) is 30.6 Å². The Balaban J connectivity index is 1.95. The molecule has 0 aliphatic rings. The van der Waals surface area contributed by atoms with Gasteiger partial charge in [-0.25, -0.2) is 4.98 Å². The maximum atomic E-state index is 11.1. The van der Waals surface area contributed by atoms with Crippen molar-refractivity contribution in [3.8, 4) is 0 Å². The molecule has 0 aliphatic carbocycles. The van der Waals surface area contributed by atoms with Crippen LogP contribution < -0.4 is 10.4 Å².